The first-order valence-electron chi connectivity index (χ1n) is 7.94. The summed E-state index contributed by atoms with van der Waals surface area (Å²) in [6, 6.07) is -0.624. The second-order valence-electron chi connectivity index (χ2n) is 5.87. The van der Waals surface area contributed by atoms with E-state index in [1.807, 2.05) is 0 Å². The van der Waals surface area contributed by atoms with Gasteiger partial charge in [-0.05, 0) is 0 Å². The monoisotopic (exact) mass is 411 g/mol. The third-order valence-electron chi connectivity index (χ3n) is 4.02. The Labute approximate surface area is 179 Å². The third-order valence-corrected chi connectivity index (χ3v) is 4.02. The number of piperidine rings is 1. The molecule has 0 bridgehead atoms. The minimum Gasteiger partial charge on any atom is -1.00 e. The van der Waals surface area contributed by atoms with E-state index < -0.39 is 55.4 Å². The van der Waals surface area contributed by atoms with E-state index in [0.29, 0.717) is 0 Å². The van der Waals surface area contributed by atoms with E-state index in [1.165, 1.54) is 0 Å². The van der Waals surface area contributed by atoms with Crippen LogP contribution in [0.4, 0.5) is 0 Å². The Bertz CT molecular complexity index is 400. The molecule has 0 radical (unpaired) electrons. The molecule has 13 heteroatoms. The number of aldehydes is 1. The molecule has 0 aromatic rings. The summed E-state index contributed by atoms with van der Waals surface area (Å²) < 4.78 is 0. The summed E-state index contributed by atoms with van der Waals surface area (Å²) in [4.78, 5) is 11.5. The zero-order chi connectivity index (χ0) is 20.4. The van der Waals surface area contributed by atoms with E-state index in [9.17, 15) is 20.1 Å². The van der Waals surface area contributed by atoms with Gasteiger partial charge in [0.2, 0.25) is 0 Å². The standard InChI is InChI=1S/C8H17NO5.C6H12O6.Na.H/c10-2-1-9-3-6(12)8(14)7(13)5(9)4-11;7-1-3(9)5(11)6(12)4(10)2-8;;/h5-8,10-14H,1-4H2;1,3-6,8-12H,2H2;;/q;;+1;-1/t5-,6+,7-,8-;3-,4+,5+,6+;;/m10../s1. The molecule has 1 rings (SSSR count). The molecule has 1 fully saturated rings. The van der Waals surface area contributed by atoms with Gasteiger partial charge in [-0.25, -0.2) is 0 Å². The van der Waals surface area contributed by atoms with Crippen LogP contribution in [0.15, 0.2) is 0 Å². The van der Waals surface area contributed by atoms with Crippen molar-refractivity contribution in [3.8, 4) is 0 Å². The van der Waals surface area contributed by atoms with Gasteiger partial charge in [-0.15, -0.1) is 0 Å². The van der Waals surface area contributed by atoms with Crippen LogP contribution in [0, 0.1) is 0 Å². The molecule has 10 N–H and O–H groups in total. The fourth-order valence-corrected chi connectivity index (χ4v) is 2.38. The summed E-state index contributed by atoms with van der Waals surface area (Å²) in [6.07, 6.45) is -10.3. The summed E-state index contributed by atoms with van der Waals surface area (Å²) in [5, 5.41) is 89.4. The molecule has 158 valence electrons. The van der Waals surface area contributed by atoms with Crippen molar-refractivity contribution in [2.45, 2.75) is 48.8 Å². The summed E-state index contributed by atoms with van der Waals surface area (Å²) >= 11 is 0. The summed E-state index contributed by atoms with van der Waals surface area (Å²) in [7, 11) is 0. The van der Waals surface area contributed by atoms with Gasteiger partial charge >= 0.3 is 29.6 Å². The van der Waals surface area contributed by atoms with Crippen LogP contribution in [-0.4, -0.2) is 144 Å². The molecule has 8 atom stereocenters. The van der Waals surface area contributed by atoms with Crippen molar-refractivity contribution in [3.63, 3.8) is 0 Å². The Hall–Kier alpha value is 0.230. The van der Waals surface area contributed by atoms with Crippen LogP contribution in [0.1, 0.15) is 1.43 Å². The minimum absolute atomic E-state index is 0. The Morgan fingerprint density at radius 1 is 1.00 bits per heavy atom. The fourth-order valence-electron chi connectivity index (χ4n) is 2.38. The van der Waals surface area contributed by atoms with Crippen LogP contribution >= 0.6 is 0 Å². The molecule has 1 saturated heterocycles. The molecular formula is C14H30NNaO11. The van der Waals surface area contributed by atoms with Crippen LogP contribution in [0.2, 0.25) is 0 Å². The zero-order valence-electron chi connectivity index (χ0n) is 16.1. The molecular weight excluding hydrogens is 381 g/mol. The maximum absolute atomic E-state index is 9.90. The summed E-state index contributed by atoms with van der Waals surface area (Å²) in [5.74, 6) is 0. The minimum atomic E-state index is -1.79. The van der Waals surface area contributed by atoms with Gasteiger partial charge in [-0.2, -0.15) is 0 Å². The van der Waals surface area contributed by atoms with E-state index >= 15 is 0 Å². The molecule has 12 nitrogen and oxygen atoms in total. The number of rotatable bonds is 8. The van der Waals surface area contributed by atoms with Crippen LogP contribution in [0.25, 0.3) is 0 Å². The first kappa shape index (κ1) is 29.4. The average molecular weight is 411 g/mol. The zero-order valence-corrected chi connectivity index (χ0v) is 17.1. The van der Waals surface area contributed by atoms with Crippen molar-refractivity contribution in [1.29, 1.82) is 0 Å². The smallest absolute Gasteiger partial charge is 1.00 e. The Morgan fingerprint density at radius 3 is 1.96 bits per heavy atom. The number of carbonyl (C=O) groups is 1. The normalized spacial score (nSPS) is 30.1. The first-order valence-corrected chi connectivity index (χ1v) is 7.94. The van der Waals surface area contributed by atoms with E-state index in [-0.39, 0.29) is 63.6 Å². The molecule has 0 saturated carbocycles. The quantitative estimate of drug-likeness (QED) is 0.133. The maximum atomic E-state index is 9.90. The number of nitrogens with zero attached hydrogens (tertiary/aromatic N) is 1. The van der Waals surface area contributed by atoms with Crippen molar-refractivity contribution in [2.24, 2.45) is 0 Å². The molecule has 0 aromatic heterocycles. The Kier molecular flexibility index (Phi) is 16.5. The van der Waals surface area contributed by atoms with Crippen molar-refractivity contribution in [1.82, 2.24) is 4.90 Å². The third kappa shape index (κ3) is 9.06. The second kappa shape index (κ2) is 15.1. The molecule has 0 aromatic carbocycles. The second-order valence-corrected chi connectivity index (χ2v) is 5.87. The van der Waals surface area contributed by atoms with Gasteiger partial charge in [0.25, 0.3) is 0 Å². The number of hydrogen-bond acceptors (Lipinski definition) is 12. The fraction of sp³-hybridized carbons (Fsp3) is 0.929. The Balaban J connectivity index is -0.000000422. The largest absolute Gasteiger partial charge is 1.00 e. The predicted molar refractivity (Wildman–Crippen MR) is 85.8 cm³/mol. The average Bonchev–Trinajstić information content (AvgIpc) is 2.64. The molecule has 1 aliphatic heterocycles. The van der Waals surface area contributed by atoms with Crippen LogP contribution in [0.3, 0.4) is 0 Å². The molecule has 0 aliphatic carbocycles. The van der Waals surface area contributed by atoms with E-state index in [2.05, 4.69) is 0 Å². The van der Waals surface area contributed by atoms with E-state index in [0.717, 1.165) is 0 Å². The molecule has 1 heterocycles. The number of aliphatic hydroxyl groups is 10. The van der Waals surface area contributed by atoms with E-state index in [4.69, 9.17) is 35.7 Å². The number of aliphatic hydroxyl groups excluding tert-OH is 10. The molecule has 27 heavy (non-hydrogen) atoms. The Morgan fingerprint density at radius 2 is 1.56 bits per heavy atom. The van der Waals surface area contributed by atoms with Crippen LogP contribution in [0.5, 0.6) is 0 Å². The van der Waals surface area contributed by atoms with Gasteiger partial charge in [0, 0.05) is 13.1 Å². The van der Waals surface area contributed by atoms with Gasteiger partial charge in [-0.3, -0.25) is 4.90 Å². The van der Waals surface area contributed by atoms with Crippen LogP contribution < -0.4 is 29.6 Å². The molecule has 0 amide bonds. The number of carbonyl (C=O) groups excluding carboxylic acids is 1. The number of likely N-dealkylation sites (tertiary alicyclic amines) is 1. The summed E-state index contributed by atoms with van der Waals surface area (Å²) in [5.41, 5.74) is 0. The van der Waals surface area contributed by atoms with Gasteiger partial charge in [-0.1, -0.05) is 0 Å². The van der Waals surface area contributed by atoms with Gasteiger partial charge in [0.1, 0.15) is 36.6 Å². The molecule has 0 spiro atoms. The number of hydrogen-bond donors (Lipinski definition) is 10. The molecule has 1 aliphatic rings. The molecule has 0 unspecified atom stereocenters. The van der Waals surface area contributed by atoms with Crippen molar-refractivity contribution in [2.75, 3.05) is 32.9 Å². The van der Waals surface area contributed by atoms with Gasteiger partial charge in [0.15, 0.2) is 6.29 Å². The van der Waals surface area contributed by atoms with Gasteiger partial charge < -0.3 is 57.3 Å². The van der Waals surface area contributed by atoms with Crippen LogP contribution in [-0.2, 0) is 4.79 Å². The predicted octanol–water partition coefficient (Wildman–Crippen LogP) is -9.52. The summed E-state index contributed by atoms with van der Waals surface area (Å²) in [6.45, 7) is -0.795. The van der Waals surface area contributed by atoms with Crippen molar-refractivity contribution < 1.29 is 86.8 Å². The first-order chi connectivity index (χ1) is 12.2. The van der Waals surface area contributed by atoms with Crippen molar-refractivity contribution >= 4 is 6.29 Å². The topological polar surface area (TPSA) is 223 Å². The van der Waals surface area contributed by atoms with Gasteiger partial charge in [0.05, 0.1) is 32.0 Å². The SMILES string of the molecule is O=C[C@H](O)[C@@H](O)[C@H](O)[C@H](O)CO.OCCN1C[C@H](O)[C@@H](O)[C@H](O)[C@H]1CO.[H-].[Na+]. The van der Waals surface area contributed by atoms with E-state index in [1.54, 1.807) is 4.90 Å². The number of β-amino-alcohol motifs (C(OH)–C–C–N with tert-alkyl or cyclic N) is 2. The maximum Gasteiger partial charge on any atom is 1.00 e. The van der Waals surface area contributed by atoms with Crippen molar-refractivity contribution in [3.05, 3.63) is 0 Å².